The number of halogens is 1. The standard InChI is InChI=1S/C15H25ClN2O/c1-6-17-11(2)12-7-8-14(13(16)9-12)18(5)15(3,4)10-19/h7-9,11,17,19H,6,10H2,1-5H3. The van der Waals surface area contributed by atoms with E-state index >= 15 is 0 Å². The van der Waals surface area contributed by atoms with Gasteiger partial charge in [0.15, 0.2) is 0 Å². The molecule has 0 aromatic heterocycles. The highest BCUT2D eigenvalue weighted by Gasteiger charge is 2.24. The van der Waals surface area contributed by atoms with E-state index in [1.54, 1.807) is 0 Å². The lowest BCUT2D eigenvalue weighted by Gasteiger charge is -2.36. The van der Waals surface area contributed by atoms with Crippen LogP contribution >= 0.6 is 11.6 Å². The molecule has 0 saturated heterocycles. The third kappa shape index (κ3) is 3.85. The summed E-state index contributed by atoms with van der Waals surface area (Å²) in [7, 11) is 1.95. The van der Waals surface area contributed by atoms with Crippen molar-refractivity contribution in [3.05, 3.63) is 28.8 Å². The van der Waals surface area contributed by atoms with Crippen molar-refractivity contribution in [2.45, 2.75) is 39.3 Å². The van der Waals surface area contributed by atoms with Gasteiger partial charge >= 0.3 is 0 Å². The van der Waals surface area contributed by atoms with Crippen molar-refractivity contribution < 1.29 is 5.11 Å². The largest absolute Gasteiger partial charge is 0.394 e. The number of nitrogens with one attached hydrogen (secondary N) is 1. The predicted octanol–water partition coefficient (Wildman–Crippen LogP) is 3.22. The van der Waals surface area contributed by atoms with Crippen molar-refractivity contribution in [2.24, 2.45) is 0 Å². The first kappa shape index (κ1) is 16.3. The second-order valence-electron chi connectivity index (χ2n) is 5.52. The van der Waals surface area contributed by atoms with E-state index in [0.717, 1.165) is 12.2 Å². The van der Waals surface area contributed by atoms with Gasteiger partial charge in [-0.15, -0.1) is 0 Å². The van der Waals surface area contributed by atoms with Crippen LogP contribution in [0.5, 0.6) is 0 Å². The molecule has 2 N–H and O–H groups in total. The summed E-state index contributed by atoms with van der Waals surface area (Å²) in [5.41, 5.74) is 1.78. The molecular weight excluding hydrogens is 260 g/mol. The smallest absolute Gasteiger partial charge is 0.0658 e. The molecule has 108 valence electrons. The van der Waals surface area contributed by atoms with Gasteiger partial charge in [0.1, 0.15) is 0 Å². The summed E-state index contributed by atoms with van der Waals surface area (Å²) in [6.07, 6.45) is 0. The molecule has 0 aliphatic carbocycles. The topological polar surface area (TPSA) is 35.5 Å². The molecule has 1 aromatic carbocycles. The van der Waals surface area contributed by atoms with Crippen molar-refractivity contribution >= 4 is 17.3 Å². The van der Waals surface area contributed by atoms with Crippen LogP contribution in [0.25, 0.3) is 0 Å². The molecule has 1 unspecified atom stereocenters. The predicted molar refractivity (Wildman–Crippen MR) is 83.1 cm³/mol. The summed E-state index contributed by atoms with van der Waals surface area (Å²) in [4.78, 5) is 2.01. The first-order valence-corrected chi connectivity index (χ1v) is 7.08. The Balaban J connectivity index is 3.01. The number of benzene rings is 1. The van der Waals surface area contributed by atoms with Crippen molar-refractivity contribution in [1.82, 2.24) is 5.32 Å². The van der Waals surface area contributed by atoms with Gasteiger partial charge in [-0.05, 0) is 45.0 Å². The van der Waals surface area contributed by atoms with E-state index in [0.29, 0.717) is 5.02 Å². The first-order valence-electron chi connectivity index (χ1n) is 6.71. The Bertz CT molecular complexity index is 421. The number of hydrogen-bond donors (Lipinski definition) is 2. The minimum Gasteiger partial charge on any atom is -0.394 e. The van der Waals surface area contributed by atoms with E-state index in [4.69, 9.17) is 11.6 Å². The highest BCUT2D eigenvalue weighted by Crippen LogP contribution is 2.31. The van der Waals surface area contributed by atoms with E-state index < -0.39 is 0 Å². The molecule has 4 heteroatoms. The van der Waals surface area contributed by atoms with Gasteiger partial charge in [0.25, 0.3) is 0 Å². The lowest BCUT2D eigenvalue weighted by atomic mass is 10.0. The zero-order chi connectivity index (χ0) is 14.6. The monoisotopic (exact) mass is 284 g/mol. The van der Waals surface area contributed by atoms with Gasteiger partial charge in [0.05, 0.1) is 22.9 Å². The lowest BCUT2D eigenvalue weighted by molar-refractivity contribution is 0.216. The third-order valence-corrected chi connectivity index (χ3v) is 3.94. The van der Waals surface area contributed by atoms with Gasteiger partial charge in [-0.2, -0.15) is 0 Å². The van der Waals surface area contributed by atoms with Gasteiger partial charge in [-0.25, -0.2) is 0 Å². The lowest BCUT2D eigenvalue weighted by Crippen LogP contribution is -2.44. The first-order chi connectivity index (χ1) is 8.83. The second-order valence-corrected chi connectivity index (χ2v) is 5.93. The molecule has 0 amide bonds. The Hall–Kier alpha value is -0.770. The zero-order valence-electron chi connectivity index (χ0n) is 12.5. The van der Waals surface area contributed by atoms with Crippen LogP contribution in [0.15, 0.2) is 18.2 Å². The molecule has 1 aromatic rings. The summed E-state index contributed by atoms with van der Waals surface area (Å²) >= 11 is 6.38. The highest BCUT2D eigenvalue weighted by atomic mass is 35.5. The number of likely N-dealkylation sites (N-methyl/N-ethyl adjacent to an activating group) is 1. The average molecular weight is 285 g/mol. The molecule has 0 spiro atoms. The van der Waals surface area contributed by atoms with Crippen LogP contribution in [0.4, 0.5) is 5.69 Å². The fourth-order valence-electron chi connectivity index (χ4n) is 1.92. The fraction of sp³-hybridized carbons (Fsp3) is 0.600. The van der Waals surface area contributed by atoms with Crippen LogP contribution in [-0.4, -0.2) is 30.8 Å². The number of anilines is 1. The summed E-state index contributed by atoms with van der Waals surface area (Å²) in [6, 6.07) is 6.38. The van der Waals surface area contributed by atoms with Crippen LogP contribution in [0.1, 0.15) is 39.3 Å². The van der Waals surface area contributed by atoms with Crippen LogP contribution in [-0.2, 0) is 0 Å². The van der Waals surface area contributed by atoms with Crippen molar-refractivity contribution in [1.29, 1.82) is 0 Å². The second kappa shape index (κ2) is 6.60. The summed E-state index contributed by atoms with van der Waals surface area (Å²) < 4.78 is 0. The fourth-order valence-corrected chi connectivity index (χ4v) is 2.24. The molecule has 0 aliphatic rings. The zero-order valence-corrected chi connectivity index (χ0v) is 13.3. The van der Waals surface area contributed by atoms with Gasteiger partial charge in [-0.3, -0.25) is 0 Å². The van der Waals surface area contributed by atoms with Gasteiger partial charge in [-0.1, -0.05) is 24.6 Å². The Morgan fingerprint density at radius 2 is 2.05 bits per heavy atom. The Morgan fingerprint density at radius 3 is 2.53 bits per heavy atom. The van der Waals surface area contributed by atoms with Crippen molar-refractivity contribution in [2.75, 3.05) is 25.1 Å². The Kier molecular flexibility index (Phi) is 5.65. The summed E-state index contributed by atoms with van der Waals surface area (Å²) in [6.45, 7) is 9.19. The van der Waals surface area contributed by atoms with Crippen LogP contribution in [0.3, 0.4) is 0 Å². The summed E-state index contributed by atoms with van der Waals surface area (Å²) in [5, 5.41) is 13.5. The number of rotatable bonds is 6. The molecule has 1 rings (SSSR count). The molecular formula is C15H25ClN2O. The van der Waals surface area contributed by atoms with Crippen molar-refractivity contribution in [3.8, 4) is 0 Å². The minimum atomic E-state index is -0.335. The van der Waals surface area contributed by atoms with Crippen LogP contribution in [0.2, 0.25) is 5.02 Å². The maximum absolute atomic E-state index is 9.43. The molecule has 0 bridgehead atoms. The van der Waals surface area contributed by atoms with E-state index in [1.165, 1.54) is 5.56 Å². The van der Waals surface area contributed by atoms with Gasteiger partial charge in [0, 0.05) is 13.1 Å². The maximum Gasteiger partial charge on any atom is 0.0658 e. The van der Waals surface area contributed by atoms with E-state index in [-0.39, 0.29) is 18.2 Å². The van der Waals surface area contributed by atoms with E-state index in [1.807, 2.05) is 37.9 Å². The maximum atomic E-state index is 9.43. The molecule has 0 aliphatic heterocycles. The number of aliphatic hydroxyl groups excluding tert-OH is 1. The van der Waals surface area contributed by atoms with Gasteiger partial charge < -0.3 is 15.3 Å². The third-order valence-electron chi connectivity index (χ3n) is 3.64. The number of aliphatic hydroxyl groups is 1. The normalized spacial score (nSPS) is 13.4. The molecule has 0 radical (unpaired) electrons. The highest BCUT2D eigenvalue weighted by molar-refractivity contribution is 6.33. The Morgan fingerprint density at radius 1 is 1.42 bits per heavy atom. The molecule has 19 heavy (non-hydrogen) atoms. The van der Waals surface area contributed by atoms with Crippen molar-refractivity contribution in [3.63, 3.8) is 0 Å². The summed E-state index contributed by atoms with van der Waals surface area (Å²) in [5.74, 6) is 0. The van der Waals surface area contributed by atoms with E-state index in [2.05, 4.69) is 25.2 Å². The molecule has 1 atom stereocenters. The Labute approximate surface area is 121 Å². The molecule has 0 heterocycles. The molecule has 3 nitrogen and oxygen atoms in total. The number of hydrogen-bond acceptors (Lipinski definition) is 3. The minimum absolute atomic E-state index is 0.0787. The molecule has 0 fully saturated rings. The van der Waals surface area contributed by atoms with Gasteiger partial charge in [0.2, 0.25) is 0 Å². The van der Waals surface area contributed by atoms with Crippen LogP contribution in [0, 0.1) is 0 Å². The quantitative estimate of drug-likeness (QED) is 0.842. The van der Waals surface area contributed by atoms with Crippen LogP contribution < -0.4 is 10.2 Å². The van der Waals surface area contributed by atoms with E-state index in [9.17, 15) is 5.11 Å². The number of nitrogens with zero attached hydrogens (tertiary/aromatic N) is 1. The SMILES string of the molecule is CCNC(C)c1ccc(N(C)C(C)(C)CO)c(Cl)c1. The molecule has 0 saturated carbocycles. The average Bonchev–Trinajstić information content (AvgIpc) is 2.38.